The van der Waals surface area contributed by atoms with Crippen molar-refractivity contribution < 1.29 is 10.0 Å². The number of aryl methyl sites for hydroxylation is 1. The van der Waals surface area contributed by atoms with Crippen LogP contribution in [0, 0.1) is 5.92 Å². The van der Waals surface area contributed by atoms with Crippen LogP contribution in [0.5, 0.6) is 0 Å². The number of nitrogens with two attached hydrogens (primary N) is 1. The number of hydrogen-bond acceptors (Lipinski definition) is 4. The van der Waals surface area contributed by atoms with Gasteiger partial charge in [-0.2, -0.15) is 5.10 Å². The topological polar surface area (TPSA) is 106 Å². The maximum absolute atomic E-state index is 11.8. The molecule has 0 atom stereocenters. The molecule has 1 aliphatic carbocycles. The SMILES string of the molecule is Cn1ncc(C(N)=NO)c1NC(=O)CC1CCC1. The third-order valence-electron chi connectivity index (χ3n) is 3.28. The predicted octanol–water partition coefficient (Wildman–Crippen LogP) is 0.643. The Hall–Kier alpha value is -2.05. The highest BCUT2D eigenvalue weighted by Gasteiger charge is 2.22. The number of rotatable bonds is 4. The van der Waals surface area contributed by atoms with Crippen molar-refractivity contribution >= 4 is 17.6 Å². The summed E-state index contributed by atoms with van der Waals surface area (Å²) in [5.41, 5.74) is 5.94. The fourth-order valence-electron chi connectivity index (χ4n) is 1.97. The summed E-state index contributed by atoms with van der Waals surface area (Å²) in [6, 6.07) is 0. The van der Waals surface area contributed by atoms with E-state index in [9.17, 15) is 4.79 Å². The zero-order valence-corrected chi connectivity index (χ0v) is 10.3. The summed E-state index contributed by atoms with van der Waals surface area (Å²) in [5, 5.41) is 18.3. The van der Waals surface area contributed by atoms with Crippen molar-refractivity contribution in [3.8, 4) is 0 Å². The number of carbonyl (C=O) groups excluding carboxylic acids is 1. The lowest BCUT2D eigenvalue weighted by atomic mass is 9.83. The van der Waals surface area contributed by atoms with Gasteiger partial charge in [-0.05, 0) is 18.8 Å². The highest BCUT2D eigenvalue weighted by Crippen LogP contribution is 2.29. The molecule has 1 aromatic rings. The summed E-state index contributed by atoms with van der Waals surface area (Å²) in [5.74, 6) is 0.817. The summed E-state index contributed by atoms with van der Waals surface area (Å²) in [6.45, 7) is 0. The van der Waals surface area contributed by atoms with E-state index in [2.05, 4.69) is 15.6 Å². The molecule has 2 rings (SSSR count). The molecule has 0 spiro atoms. The van der Waals surface area contributed by atoms with Crippen LogP contribution < -0.4 is 11.1 Å². The molecule has 1 saturated carbocycles. The van der Waals surface area contributed by atoms with Gasteiger partial charge in [0.05, 0.1) is 11.8 Å². The molecule has 0 bridgehead atoms. The quantitative estimate of drug-likeness (QED) is 0.316. The van der Waals surface area contributed by atoms with E-state index in [0.29, 0.717) is 23.7 Å². The van der Waals surface area contributed by atoms with Crippen LogP contribution in [0.1, 0.15) is 31.2 Å². The van der Waals surface area contributed by atoms with E-state index in [1.165, 1.54) is 17.3 Å². The average Bonchev–Trinajstić information content (AvgIpc) is 2.65. The lowest BCUT2D eigenvalue weighted by Gasteiger charge is -2.24. The number of carbonyl (C=O) groups is 1. The van der Waals surface area contributed by atoms with Crippen molar-refractivity contribution in [1.29, 1.82) is 0 Å². The molecule has 0 aromatic carbocycles. The van der Waals surface area contributed by atoms with E-state index in [4.69, 9.17) is 10.9 Å². The smallest absolute Gasteiger partial charge is 0.225 e. The fraction of sp³-hybridized carbons (Fsp3) is 0.545. The van der Waals surface area contributed by atoms with Crippen LogP contribution in [0.2, 0.25) is 0 Å². The second-order valence-corrected chi connectivity index (χ2v) is 4.56. The van der Waals surface area contributed by atoms with Crippen LogP contribution in [0.25, 0.3) is 0 Å². The Morgan fingerprint density at radius 2 is 2.44 bits per heavy atom. The summed E-state index contributed by atoms with van der Waals surface area (Å²) in [6.07, 6.45) is 5.41. The molecule has 7 heteroatoms. The minimum Gasteiger partial charge on any atom is -0.409 e. The van der Waals surface area contributed by atoms with Gasteiger partial charge >= 0.3 is 0 Å². The first-order valence-corrected chi connectivity index (χ1v) is 5.91. The number of hydrogen-bond donors (Lipinski definition) is 3. The molecular formula is C11H17N5O2. The molecule has 0 unspecified atom stereocenters. The van der Waals surface area contributed by atoms with Gasteiger partial charge in [-0.15, -0.1) is 0 Å². The number of oxime groups is 1. The Kier molecular flexibility index (Phi) is 3.50. The molecule has 0 aliphatic heterocycles. The Morgan fingerprint density at radius 3 is 3.00 bits per heavy atom. The number of amidine groups is 1. The number of anilines is 1. The first-order valence-electron chi connectivity index (χ1n) is 5.91. The van der Waals surface area contributed by atoms with E-state index >= 15 is 0 Å². The molecule has 1 fully saturated rings. The molecule has 4 N–H and O–H groups in total. The molecule has 1 heterocycles. The van der Waals surface area contributed by atoms with Crippen LogP contribution in [-0.4, -0.2) is 26.7 Å². The summed E-state index contributed by atoms with van der Waals surface area (Å²) < 4.78 is 1.49. The number of aromatic nitrogens is 2. The second kappa shape index (κ2) is 5.07. The zero-order valence-electron chi connectivity index (χ0n) is 10.3. The number of nitrogens with one attached hydrogen (secondary N) is 1. The van der Waals surface area contributed by atoms with Gasteiger partial charge in [0.1, 0.15) is 5.82 Å². The maximum Gasteiger partial charge on any atom is 0.225 e. The zero-order chi connectivity index (χ0) is 13.1. The van der Waals surface area contributed by atoms with Crippen molar-refractivity contribution in [3.63, 3.8) is 0 Å². The molecule has 7 nitrogen and oxygen atoms in total. The summed E-state index contributed by atoms with van der Waals surface area (Å²) >= 11 is 0. The fourth-order valence-corrected chi connectivity index (χ4v) is 1.97. The molecule has 18 heavy (non-hydrogen) atoms. The molecule has 0 radical (unpaired) electrons. The molecular weight excluding hydrogens is 234 g/mol. The minimum atomic E-state index is -0.0676. The average molecular weight is 251 g/mol. The summed E-state index contributed by atoms with van der Waals surface area (Å²) in [7, 11) is 1.69. The molecule has 1 aliphatic rings. The molecule has 1 amide bonds. The molecule has 98 valence electrons. The Labute approximate surface area is 105 Å². The van der Waals surface area contributed by atoms with Crippen molar-refractivity contribution in [2.45, 2.75) is 25.7 Å². The van der Waals surface area contributed by atoms with E-state index in [1.54, 1.807) is 7.05 Å². The normalized spacial score (nSPS) is 16.4. The Balaban J connectivity index is 2.07. The number of amides is 1. The van der Waals surface area contributed by atoms with E-state index in [0.717, 1.165) is 12.8 Å². The van der Waals surface area contributed by atoms with Gasteiger partial charge in [0.2, 0.25) is 5.91 Å². The van der Waals surface area contributed by atoms with Crippen LogP contribution in [0.3, 0.4) is 0 Å². The molecule has 1 aromatic heterocycles. The van der Waals surface area contributed by atoms with Crippen LogP contribution in [-0.2, 0) is 11.8 Å². The summed E-state index contributed by atoms with van der Waals surface area (Å²) in [4.78, 5) is 11.8. The van der Waals surface area contributed by atoms with Crippen molar-refractivity contribution in [3.05, 3.63) is 11.8 Å². The largest absolute Gasteiger partial charge is 0.409 e. The Morgan fingerprint density at radius 1 is 1.72 bits per heavy atom. The number of nitrogens with zero attached hydrogens (tertiary/aromatic N) is 3. The van der Waals surface area contributed by atoms with Gasteiger partial charge in [0, 0.05) is 13.5 Å². The highest BCUT2D eigenvalue weighted by atomic mass is 16.4. The lowest BCUT2D eigenvalue weighted by Crippen LogP contribution is -2.24. The third-order valence-corrected chi connectivity index (χ3v) is 3.28. The third kappa shape index (κ3) is 2.44. The van der Waals surface area contributed by atoms with Gasteiger partial charge in [-0.25, -0.2) is 0 Å². The monoisotopic (exact) mass is 251 g/mol. The van der Waals surface area contributed by atoms with Crippen molar-refractivity contribution in [2.75, 3.05) is 5.32 Å². The predicted molar refractivity (Wildman–Crippen MR) is 66.3 cm³/mol. The van der Waals surface area contributed by atoms with Gasteiger partial charge in [0.25, 0.3) is 0 Å². The van der Waals surface area contributed by atoms with Crippen molar-refractivity contribution in [2.24, 2.45) is 23.9 Å². The molecule has 0 saturated heterocycles. The van der Waals surface area contributed by atoms with Gasteiger partial charge < -0.3 is 16.3 Å². The Bertz CT molecular complexity index is 476. The second-order valence-electron chi connectivity index (χ2n) is 4.56. The first-order chi connectivity index (χ1) is 8.61. The van der Waals surface area contributed by atoms with E-state index in [-0.39, 0.29) is 11.7 Å². The van der Waals surface area contributed by atoms with Crippen LogP contribution in [0.4, 0.5) is 5.82 Å². The van der Waals surface area contributed by atoms with Crippen molar-refractivity contribution in [1.82, 2.24) is 9.78 Å². The van der Waals surface area contributed by atoms with Crippen LogP contribution in [0.15, 0.2) is 11.4 Å². The van der Waals surface area contributed by atoms with Gasteiger partial charge in [-0.1, -0.05) is 11.6 Å². The van der Waals surface area contributed by atoms with Gasteiger partial charge in [0.15, 0.2) is 5.84 Å². The van der Waals surface area contributed by atoms with Gasteiger partial charge in [-0.3, -0.25) is 9.48 Å². The first kappa shape index (κ1) is 12.4. The lowest BCUT2D eigenvalue weighted by molar-refractivity contribution is -0.117. The maximum atomic E-state index is 11.8. The highest BCUT2D eigenvalue weighted by molar-refractivity contribution is 6.04. The minimum absolute atomic E-state index is 0.0599. The van der Waals surface area contributed by atoms with E-state index < -0.39 is 0 Å². The standard InChI is InChI=1S/C11H17N5O2/c1-16-11(8(6-13-16)10(12)15-18)14-9(17)5-7-3-2-4-7/h6-7,18H,2-5H2,1H3,(H2,12,15)(H,14,17). The van der Waals surface area contributed by atoms with Crippen LogP contribution >= 0.6 is 0 Å². The van der Waals surface area contributed by atoms with E-state index in [1.807, 2.05) is 0 Å².